The minimum Gasteiger partial charge on any atom is -0.383 e. The molecule has 0 radical (unpaired) electrons. The molecule has 0 aliphatic carbocycles. The summed E-state index contributed by atoms with van der Waals surface area (Å²) in [6.45, 7) is 0. The number of aromatic nitrogens is 2. The van der Waals surface area contributed by atoms with Crippen molar-refractivity contribution in [2.45, 2.75) is 0 Å². The first-order valence-corrected chi connectivity index (χ1v) is 5.29. The lowest BCUT2D eigenvalue weighted by molar-refractivity contribution is 1.23. The van der Waals surface area contributed by atoms with Gasteiger partial charge in [0.25, 0.3) is 0 Å². The smallest absolute Gasteiger partial charge is 0.134 e. The van der Waals surface area contributed by atoms with Gasteiger partial charge in [0.15, 0.2) is 0 Å². The van der Waals surface area contributed by atoms with Crippen LogP contribution in [0.3, 0.4) is 0 Å². The van der Waals surface area contributed by atoms with E-state index < -0.39 is 0 Å². The Morgan fingerprint density at radius 3 is 2.85 bits per heavy atom. The van der Waals surface area contributed by atoms with Crippen LogP contribution in [-0.4, -0.2) is 9.97 Å². The van der Waals surface area contributed by atoms with Crippen LogP contribution in [0.15, 0.2) is 18.5 Å². The summed E-state index contributed by atoms with van der Waals surface area (Å²) in [5.41, 5.74) is 6.60. The number of nitrogens with zero attached hydrogens (tertiary/aromatic N) is 2. The number of hydrogen-bond donors (Lipinski definition) is 1. The van der Waals surface area contributed by atoms with Gasteiger partial charge in [0.05, 0.1) is 5.52 Å². The summed E-state index contributed by atoms with van der Waals surface area (Å²) in [4.78, 5) is 8.07. The van der Waals surface area contributed by atoms with E-state index in [0.717, 1.165) is 19.8 Å². The molecule has 0 bridgehead atoms. The molecule has 3 nitrogen and oxygen atoms in total. The molecular formula is C8H7IN3P. The van der Waals surface area contributed by atoms with Crippen molar-refractivity contribution in [2.75, 3.05) is 5.73 Å². The Labute approximate surface area is 91.5 Å². The minimum absolute atomic E-state index is 0.533. The van der Waals surface area contributed by atoms with Gasteiger partial charge >= 0.3 is 0 Å². The second-order valence-electron chi connectivity index (χ2n) is 2.65. The molecule has 0 amide bonds. The van der Waals surface area contributed by atoms with Crippen molar-refractivity contribution in [3.05, 3.63) is 22.0 Å². The lowest BCUT2D eigenvalue weighted by Crippen LogP contribution is -2.00. The van der Waals surface area contributed by atoms with Crippen LogP contribution < -0.4 is 11.0 Å². The quantitative estimate of drug-likeness (QED) is 0.590. The monoisotopic (exact) mass is 303 g/mol. The van der Waals surface area contributed by atoms with Crippen molar-refractivity contribution in [1.82, 2.24) is 9.97 Å². The van der Waals surface area contributed by atoms with Gasteiger partial charge in [-0.2, -0.15) is 0 Å². The topological polar surface area (TPSA) is 51.8 Å². The number of benzene rings is 1. The van der Waals surface area contributed by atoms with Crippen molar-refractivity contribution in [1.29, 1.82) is 0 Å². The van der Waals surface area contributed by atoms with Crippen LogP contribution in [0, 0.1) is 3.57 Å². The van der Waals surface area contributed by atoms with E-state index in [1.54, 1.807) is 0 Å². The summed E-state index contributed by atoms with van der Waals surface area (Å²) in [5.74, 6) is 0.533. The molecule has 2 N–H and O–H groups in total. The molecule has 0 aliphatic heterocycles. The van der Waals surface area contributed by atoms with Gasteiger partial charge in [-0.15, -0.1) is 9.24 Å². The number of fused-ring (bicyclic) bond motifs is 1. The molecule has 0 saturated heterocycles. The molecule has 1 unspecified atom stereocenters. The average molecular weight is 303 g/mol. The highest BCUT2D eigenvalue weighted by Crippen LogP contribution is 2.18. The third-order valence-corrected chi connectivity index (χ3v) is 3.78. The van der Waals surface area contributed by atoms with E-state index in [9.17, 15) is 0 Å². The molecule has 1 aromatic heterocycles. The largest absolute Gasteiger partial charge is 0.383 e. The Bertz CT molecular complexity index is 472. The molecule has 1 atom stereocenters. The van der Waals surface area contributed by atoms with Gasteiger partial charge in [-0.25, -0.2) is 9.97 Å². The van der Waals surface area contributed by atoms with E-state index in [1.165, 1.54) is 6.33 Å². The van der Waals surface area contributed by atoms with Crippen molar-refractivity contribution >= 4 is 53.9 Å². The highest BCUT2D eigenvalue weighted by molar-refractivity contribution is 14.1. The first-order chi connectivity index (χ1) is 6.18. The molecule has 0 fully saturated rings. The van der Waals surface area contributed by atoms with Crippen LogP contribution in [0.4, 0.5) is 5.82 Å². The van der Waals surface area contributed by atoms with Crippen molar-refractivity contribution in [3.8, 4) is 0 Å². The summed E-state index contributed by atoms with van der Waals surface area (Å²) in [5, 5.41) is 2.03. The van der Waals surface area contributed by atoms with Crippen LogP contribution in [0.5, 0.6) is 0 Å². The van der Waals surface area contributed by atoms with E-state index in [1.807, 2.05) is 12.1 Å². The fourth-order valence-corrected chi connectivity index (χ4v) is 1.81. The van der Waals surface area contributed by atoms with Gasteiger partial charge in [-0.05, 0) is 40.0 Å². The second-order valence-corrected chi connectivity index (χ2v) is 4.43. The van der Waals surface area contributed by atoms with E-state index >= 15 is 0 Å². The molecular weight excluding hydrogens is 296 g/mol. The van der Waals surface area contributed by atoms with Gasteiger partial charge in [-0.3, -0.25) is 0 Å². The third kappa shape index (κ3) is 1.60. The summed E-state index contributed by atoms with van der Waals surface area (Å²) in [6, 6.07) is 3.98. The average Bonchev–Trinajstić information content (AvgIpc) is 2.09. The first-order valence-electron chi connectivity index (χ1n) is 3.63. The maximum atomic E-state index is 5.71. The Kier molecular flexibility index (Phi) is 2.34. The lowest BCUT2D eigenvalue weighted by atomic mass is 10.2. The Morgan fingerprint density at radius 2 is 2.08 bits per heavy atom. The van der Waals surface area contributed by atoms with Crippen molar-refractivity contribution in [2.24, 2.45) is 0 Å². The Balaban J connectivity index is 2.89. The van der Waals surface area contributed by atoms with Crippen molar-refractivity contribution < 1.29 is 0 Å². The Hall–Kier alpha value is -0.480. The molecule has 1 aromatic carbocycles. The zero-order chi connectivity index (χ0) is 9.42. The van der Waals surface area contributed by atoms with Gasteiger partial charge < -0.3 is 5.73 Å². The van der Waals surface area contributed by atoms with Crippen LogP contribution in [0.2, 0.25) is 0 Å². The number of halogens is 1. The highest BCUT2D eigenvalue weighted by atomic mass is 127. The van der Waals surface area contributed by atoms with Gasteiger partial charge in [0.1, 0.15) is 12.1 Å². The van der Waals surface area contributed by atoms with Gasteiger partial charge in [0.2, 0.25) is 0 Å². The number of nitrogens with two attached hydrogens (primary N) is 1. The molecule has 1 heterocycles. The van der Waals surface area contributed by atoms with Gasteiger partial charge in [-0.1, -0.05) is 0 Å². The molecule has 2 rings (SSSR count). The number of anilines is 1. The fraction of sp³-hybridized carbons (Fsp3) is 0. The molecule has 0 spiro atoms. The molecule has 66 valence electrons. The highest BCUT2D eigenvalue weighted by Gasteiger charge is 2.02. The predicted octanol–water partition coefficient (Wildman–Crippen LogP) is 1.32. The van der Waals surface area contributed by atoms with E-state index in [-0.39, 0.29) is 0 Å². The standard InChI is InChI=1S/C8H7IN3P/c9-5-2-6-4(1-7(5)13)8(10)12-3-11-6/h1-3H,13H2,(H2,10,11,12). The SMILES string of the molecule is Nc1ncnc2cc(I)c(P)cc12. The Morgan fingerprint density at radius 1 is 1.31 bits per heavy atom. The van der Waals surface area contributed by atoms with Gasteiger partial charge in [0, 0.05) is 8.96 Å². The predicted molar refractivity (Wildman–Crippen MR) is 66.0 cm³/mol. The second kappa shape index (κ2) is 3.35. The number of rotatable bonds is 0. The summed E-state index contributed by atoms with van der Waals surface area (Å²) < 4.78 is 1.16. The summed E-state index contributed by atoms with van der Waals surface area (Å²) in [7, 11) is 2.66. The molecule has 0 saturated carbocycles. The summed E-state index contributed by atoms with van der Waals surface area (Å²) in [6.07, 6.45) is 1.48. The molecule has 13 heavy (non-hydrogen) atoms. The van der Waals surface area contributed by atoms with Crippen LogP contribution in [0.25, 0.3) is 10.9 Å². The molecule has 0 aliphatic rings. The number of hydrogen-bond acceptors (Lipinski definition) is 3. The van der Waals surface area contributed by atoms with E-state index in [2.05, 4.69) is 41.8 Å². The number of nitrogen functional groups attached to an aromatic ring is 1. The van der Waals surface area contributed by atoms with Crippen LogP contribution >= 0.6 is 31.8 Å². The third-order valence-electron chi connectivity index (χ3n) is 1.78. The van der Waals surface area contributed by atoms with Crippen LogP contribution in [0.1, 0.15) is 0 Å². The fourth-order valence-electron chi connectivity index (χ4n) is 1.11. The van der Waals surface area contributed by atoms with Crippen LogP contribution in [-0.2, 0) is 0 Å². The van der Waals surface area contributed by atoms with Crippen molar-refractivity contribution in [3.63, 3.8) is 0 Å². The molecule has 5 heteroatoms. The minimum atomic E-state index is 0.533. The summed E-state index contributed by atoms with van der Waals surface area (Å²) >= 11 is 2.26. The lowest BCUT2D eigenvalue weighted by Gasteiger charge is -2.02. The van der Waals surface area contributed by atoms with E-state index in [0.29, 0.717) is 5.82 Å². The maximum Gasteiger partial charge on any atom is 0.134 e. The normalized spacial score (nSPS) is 10.6. The van der Waals surface area contributed by atoms with E-state index in [4.69, 9.17) is 5.73 Å². The maximum absolute atomic E-state index is 5.71. The molecule has 2 aromatic rings. The zero-order valence-corrected chi connectivity index (χ0v) is 9.97. The zero-order valence-electron chi connectivity index (χ0n) is 6.66. The first kappa shape index (κ1) is 9.09.